The molecule has 0 aliphatic carbocycles. The minimum atomic E-state index is -0.383. The van der Waals surface area contributed by atoms with Gasteiger partial charge in [0.25, 0.3) is 0 Å². The lowest BCUT2D eigenvalue weighted by Gasteiger charge is -2.04. The lowest BCUT2D eigenvalue weighted by molar-refractivity contribution is 0.621. The van der Waals surface area contributed by atoms with Gasteiger partial charge in [-0.25, -0.2) is 9.07 Å². The van der Waals surface area contributed by atoms with Crippen molar-refractivity contribution in [2.75, 3.05) is 5.73 Å². The number of hydrogen-bond donors (Lipinski definition) is 1. The van der Waals surface area contributed by atoms with Gasteiger partial charge in [-0.15, -0.1) is 0 Å². The molecule has 0 radical (unpaired) electrons. The van der Waals surface area contributed by atoms with Gasteiger partial charge in [0.2, 0.25) is 0 Å². The van der Waals surface area contributed by atoms with Crippen molar-refractivity contribution in [2.45, 2.75) is 13.8 Å². The third-order valence-electron chi connectivity index (χ3n) is 3.18. The number of aromatic nitrogens is 3. The number of nitrogens with zero attached hydrogens (tertiary/aromatic N) is 3. The molecule has 0 aliphatic heterocycles. The van der Waals surface area contributed by atoms with Gasteiger partial charge < -0.3 is 5.73 Å². The summed E-state index contributed by atoms with van der Waals surface area (Å²) in [5.41, 5.74) is 10.9. The zero-order chi connectivity index (χ0) is 15.0. The number of hydrogen-bond acceptors (Lipinski definition) is 3. The number of rotatable bonds is 2. The van der Waals surface area contributed by atoms with Crippen molar-refractivity contribution in [3.8, 4) is 17.1 Å². The Hall–Kier alpha value is -2.69. The van der Waals surface area contributed by atoms with Crippen LogP contribution in [0.3, 0.4) is 0 Å². The van der Waals surface area contributed by atoms with Crippen LogP contribution in [0.1, 0.15) is 11.1 Å². The van der Waals surface area contributed by atoms with Gasteiger partial charge in [0.05, 0.1) is 29.5 Å². The van der Waals surface area contributed by atoms with Gasteiger partial charge in [-0.05, 0) is 49.2 Å². The van der Waals surface area contributed by atoms with Crippen LogP contribution in [-0.4, -0.2) is 14.8 Å². The van der Waals surface area contributed by atoms with Crippen molar-refractivity contribution in [3.05, 3.63) is 59.7 Å². The normalized spacial score (nSPS) is 10.8. The third-order valence-corrected chi connectivity index (χ3v) is 3.18. The molecule has 3 aromatic rings. The lowest BCUT2D eigenvalue weighted by atomic mass is 10.1. The first kappa shape index (κ1) is 13.3. The van der Waals surface area contributed by atoms with Crippen LogP contribution in [0.5, 0.6) is 0 Å². The SMILES string of the molecule is Cc1cc(C)cc(-n2cc(N)c(-c3ccc(F)cn3)n2)c1. The van der Waals surface area contributed by atoms with E-state index in [1.54, 1.807) is 16.9 Å². The highest BCUT2D eigenvalue weighted by Gasteiger charge is 2.11. The molecule has 0 spiro atoms. The van der Waals surface area contributed by atoms with Crippen LogP contribution in [0.4, 0.5) is 10.1 Å². The quantitative estimate of drug-likeness (QED) is 0.784. The van der Waals surface area contributed by atoms with E-state index in [-0.39, 0.29) is 5.82 Å². The molecule has 5 heteroatoms. The van der Waals surface area contributed by atoms with Crippen LogP contribution < -0.4 is 5.73 Å². The lowest BCUT2D eigenvalue weighted by Crippen LogP contribution is -1.96. The number of anilines is 1. The molecule has 21 heavy (non-hydrogen) atoms. The molecular formula is C16H15FN4. The van der Waals surface area contributed by atoms with Crippen molar-refractivity contribution >= 4 is 5.69 Å². The van der Waals surface area contributed by atoms with Crippen LogP contribution in [-0.2, 0) is 0 Å². The Morgan fingerprint density at radius 1 is 1.10 bits per heavy atom. The molecular weight excluding hydrogens is 267 g/mol. The summed E-state index contributed by atoms with van der Waals surface area (Å²) in [6.45, 7) is 4.07. The molecule has 4 nitrogen and oxygen atoms in total. The molecule has 2 aromatic heterocycles. The molecule has 0 bridgehead atoms. The number of benzene rings is 1. The summed E-state index contributed by atoms with van der Waals surface area (Å²) in [7, 11) is 0. The molecule has 2 heterocycles. The zero-order valence-corrected chi connectivity index (χ0v) is 11.8. The van der Waals surface area contributed by atoms with Crippen LogP contribution in [0.25, 0.3) is 17.1 Å². The molecule has 0 aliphatic rings. The van der Waals surface area contributed by atoms with Crippen molar-refractivity contribution in [3.63, 3.8) is 0 Å². The fourth-order valence-corrected chi connectivity index (χ4v) is 2.32. The van der Waals surface area contributed by atoms with Crippen LogP contribution in [0.2, 0.25) is 0 Å². The zero-order valence-electron chi connectivity index (χ0n) is 11.8. The summed E-state index contributed by atoms with van der Waals surface area (Å²) in [6, 6.07) is 9.07. The fraction of sp³-hybridized carbons (Fsp3) is 0.125. The van der Waals surface area contributed by atoms with E-state index in [0.29, 0.717) is 17.1 Å². The van der Waals surface area contributed by atoms with E-state index in [2.05, 4.69) is 16.1 Å². The second kappa shape index (κ2) is 5.01. The highest BCUT2D eigenvalue weighted by molar-refractivity contribution is 5.69. The Bertz CT molecular complexity index is 770. The number of halogens is 1. The highest BCUT2D eigenvalue weighted by atomic mass is 19.1. The van der Waals surface area contributed by atoms with E-state index in [4.69, 9.17) is 5.73 Å². The van der Waals surface area contributed by atoms with E-state index in [0.717, 1.165) is 23.0 Å². The topological polar surface area (TPSA) is 56.7 Å². The molecule has 0 atom stereocenters. The molecule has 2 N–H and O–H groups in total. The summed E-state index contributed by atoms with van der Waals surface area (Å²) in [5, 5.41) is 4.47. The summed E-state index contributed by atoms with van der Waals surface area (Å²) < 4.78 is 14.7. The summed E-state index contributed by atoms with van der Waals surface area (Å²) in [4.78, 5) is 4.02. The third kappa shape index (κ3) is 2.63. The van der Waals surface area contributed by atoms with Gasteiger partial charge in [-0.3, -0.25) is 4.98 Å². The summed E-state index contributed by atoms with van der Waals surface area (Å²) in [6.07, 6.45) is 2.90. The predicted molar refractivity (Wildman–Crippen MR) is 80.6 cm³/mol. The van der Waals surface area contributed by atoms with Gasteiger partial charge in [0.15, 0.2) is 0 Å². The molecule has 3 rings (SSSR count). The standard InChI is InChI=1S/C16H15FN4/c1-10-5-11(2)7-13(6-10)21-9-14(18)16(20-21)15-4-3-12(17)8-19-15/h3-9H,18H2,1-2H3. The van der Waals surface area contributed by atoms with Gasteiger partial charge in [-0.2, -0.15) is 5.10 Å². The number of nitrogen functional groups attached to an aromatic ring is 1. The van der Waals surface area contributed by atoms with Crippen LogP contribution in [0, 0.1) is 19.7 Å². The van der Waals surface area contributed by atoms with Crippen molar-refractivity contribution in [1.82, 2.24) is 14.8 Å². The Morgan fingerprint density at radius 2 is 1.81 bits per heavy atom. The summed E-state index contributed by atoms with van der Waals surface area (Å²) >= 11 is 0. The molecule has 0 amide bonds. The largest absolute Gasteiger partial charge is 0.396 e. The molecule has 0 fully saturated rings. The van der Waals surface area contributed by atoms with Crippen LogP contribution >= 0.6 is 0 Å². The van der Waals surface area contributed by atoms with E-state index < -0.39 is 0 Å². The average molecular weight is 282 g/mol. The minimum Gasteiger partial charge on any atom is -0.396 e. The number of pyridine rings is 1. The Balaban J connectivity index is 2.07. The molecule has 0 unspecified atom stereocenters. The first-order valence-electron chi connectivity index (χ1n) is 6.58. The van der Waals surface area contributed by atoms with E-state index in [1.807, 2.05) is 26.0 Å². The smallest absolute Gasteiger partial charge is 0.141 e. The highest BCUT2D eigenvalue weighted by Crippen LogP contribution is 2.24. The summed E-state index contributed by atoms with van der Waals surface area (Å²) in [5.74, 6) is -0.383. The second-order valence-corrected chi connectivity index (χ2v) is 5.09. The van der Waals surface area contributed by atoms with Gasteiger partial charge in [0.1, 0.15) is 11.5 Å². The molecule has 1 aromatic carbocycles. The Labute approximate surface area is 122 Å². The maximum Gasteiger partial charge on any atom is 0.141 e. The maximum atomic E-state index is 12.9. The van der Waals surface area contributed by atoms with Crippen molar-refractivity contribution in [2.24, 2.45) is 0 Å². The first-order chi connectivity index (χ1) is 10.0. The van der Waals surface area contributed by atoms with Gasteiger partial charge in [-0.1, -0.05) is 6.07 Å². The fourth-order valence-electron chi connectivity index (χ4n) is 2.32. The van der Waals surface area contributed by atoms with Crippen molar-refractivity contribution in [1.29, 1.82) is 0 Å². The Morgan fingerprint density at radius 3 is 2.43 bits per heavy atom. The van der Waals surface area contributed by atoms with E-state index in [1.165, 1.54) is 6.07 Å². The van der Waals surface area contributed by atoms with Crippen LogP contribution in [0.15, 0.2) is 42.7 Å². The monoisotopic (exact) mass is 282 g/mol. The minimum absolute atomic E-state index is 0.383. The Kier molecular flexibility index (Phi) is 3.17. The molecule has 0 saturated carbocycles. The van der Waals surface area contributed by atoms with Gasteiger partial charge in [0, 0.05) is 0 Å². The second-order valence-electron chi connectivity index (χ2n) is 5.09. The number of nitrogens with two attached hydrogens (primary N) is 1. The van der Waals surface area contributed by atoms with E-state index in [9.17, 15) is 4.39 Å². The van der Waals surface area contributed by atoms with Crippen molar-refractivity contribution < 1.29 is 4.39 Å². The maximum absolute atomic E-state index is 12.9. The van der Waals surface area contributed by atoms with E-state index >= 15 is 0 Å². The molecule has 106 valence electrons. The number of aryl methyl sites for hydroxylation is 2. The average Bonchev–Trinajstić information content (AvgIpc) is 2.81. The molecule has 0 saturated heterocycles. The predicted octanol–water partition coefficient (Wildman–Crippen LogP) is 3.27. The first-order valence-corrected chi connectivity index (χ1v) is 6.58. The van der Waals surface area contributed by atoms with Gasteiger partial charge >= 0.3 is 0 Å².